The van der Waals surface area contributed by atoms with Gasteiger partial charge in [0.1, 0.15) is 17.2 Å². The molecule has 0 aliphatic carbocycles. The van der Waals surface area contributed by atoms with Gasteiger partial charge in [0.05, 0.1) is 11.2 Å². The van der Waals surface area contributed by atoms with Crippen LogP contribution in [0.5, 0.6) is 5.75 Å². The average Bonchev–Trinajstić information content (AvgIpc) is 3.02. The van der Waals surface area contributed by atoms with E-state index in [9.17, 15) is 4.79 Å². The van der Waals surface area contributed by atoms with Gasteiger partial charge in [-0.2, -0.15) is 0 Å². The molecule has 5 nitrogen and oxygen atoms in total. The molecule has 0 saturated carbocycles. The number of thiazole rings is 1. The standard InChI is InChI=1S/C17H21N3O2S/c1-14-18-13-16(23-14)17(21)20-9-7-19(8-10-20)11-12-22-15-5-3-2-4-6-15/h2-6,13H,7-12H2,1H3. The zero-order valence-electron chi connectivity index (χ0n) is 13.3. The van der Waals surface area contributed by atoms with Crippen molar-refractivity contribution in [1.29, 1.82) is 0 Å². The summed E-state index contributed by atoms with van der Waals surface area (Å²) in [7, 11) is 0. The molecule has 1 amide bonds. The molecule has 1 saturated heterocycles. The number of rotatable bonds is 5. The van der Waals surface area contributed by atoms with Crippen molar-refractivity contribution < 1.29 is 9.53 Å². The molecule has 0 bridgehead atoms. The van der Waals surface area contributed by atoms with E-state index in [1.807, 2.05) is 42.2 Å². The second-order valence-electron chi connectivity index (χ2n) is 5.54. The van der Waals surface area contributed by atoms with Crippen LogP contribution in [0.4, 0.5) is 0 Å². The maximum absolute atomic E-state index is 12.4. The third-order valence-corrected chi connectivity index (χ3v) is 4.81. The van der Waals surface area contributed by atoms with Gasteiger partial charge in [0.15, 0.2) is 0 Å². The molecule has 0 atom stereocenters. The average molecular weight is 331 g/mol. The van der Waals surface area contributed by atoms with Crippen LogP contribution in [-0.2, 0) is 0 Å². The Balaban J connectivity index is 1.41. The Morgan fingerprint density at radius 3 is 2.61 bits per heavy atom. The lowest BCUT2D eigenvalue weighted by Gasteiger charge is -2.34. The molecule has 2 heterocycles. The second kappa shape index (κ2) is 7.57. The molecule has 1 aliphatic rings. The van der Waals surface area contributed by atoms with E-state index in [1.165, 1.54) is 11.3 Å². The number of ether oxygens (including phenoxy) is 1. The van der Waals surface area contributed by atoms with Gasteiger partial charge in [-0.3, -0.25) is 9.69 Å². The quantitative estimate of drug-likeness (QED) is 0.843. The molecule has 2 aromatic rings. The van der Waals surface area contributed by atoms with E-state index in [0.717, 1.165) is 48.4 Å². The van der Waals surface area contributed by atoms with Crippen molar-refractivity contribution in [1.82, 2.24) is 14.8 Å². The van der Waals surface area contributed by atoms with E-state index in [-0.39, 0.29) is 5.91 Å². The fourth-order valence-electron chi connectivity index (χ4n) is 2.60. The van der Waals surface area contributed by atoms with Gasteiger partial charge in [0.2, 0.25) is 0 Å². The lowest BCUT2D eigenvalue weighted by atomic mass is 10.3. The van der Waals surface area contributed by atoms with Crippen LogP contribution in [0.2, 0.25) is 0 Å². The number of aromatic nitrogens is 1. The SMILES string of the molecule is Cc1ncc(C(=O)N2CCN(CCOc3ccccc3)CC2)s1. The van der Waals surface area contributed by atoms with Crippen LogP contribution >= 0.6 is 11.3 Å². The molecule has 0 unspecified atom stereocenters. The summed E-state index contributed by atoms with van der Waals surface area (Å²) in [5, 5.41) is 0.935. The van der Waals surface area contributed by atoms with Crippen molar-refractivity contribution in [3.8, 4) is 5.75 Å². The topological polar surface area (TPSA) is 45.7 Å². The van der Waals surface area contributed by atoms with Crippen LogP contribution in [0, 0.1) is 6.92 Å². The number of carbonyl (C=O) groups is 1. The fourth-order valence-corrected chi connectivity index (χ4v) is 3.35. The van der Waals surface area contributed by atoms with Crippen molar-refractivity contribution in [2.45, 2.75) is 6.92 Å². The highest BCUT2D eigenvalue weighted by Gasteiger charge is 2.23. The molecule has 122 valence electrons. The normalized spacial score (nSPS) is 15.6. The van der Waals surface area contributed by atoms with E-state index in [1.54, 1.807) is 6.20 Å². The van der Waals surface area contributed by atoms with Gasteiger partial charge in [-0.1, -0.05) is 18.2 Å². The molecule has 23 heavy (non-hydrogen) atoms. The smallest absolute Gasteiger partial charge is 0.265 e. The Labute approximate surface area is 140 Å². The van der Waals surface area contributed by atoms with Crippen molar-refractivity contribution >= 4 is 17.2 Å². The monoisotopic (exact) mass is 331 g/mol. The third kappa shape index (κ3) is 4.30. The number of para-hydroxylation sites is 1. The van der Waals surface area contributed by atoms with Crippen molar-refractivity contribution in [2.75, 3.05) is 39.3 Å². The fraction of sp³-hybridized carbons (Fsp3) is 0.412. The van der Waals surface area contributed by atoms with Crippen molar-refractivity contribution in [3.63, 3.8) is 0 Å². The summed E-state index contributed by atoms with van der Waals surface area (Å²) in [6, 6.07) is 9.86. The van der Waals surface area contributed by atoms with E-state index >= 15 is 0 Å². The van der Waals surface area contributed by atoms with E-state index in [0.29, 0.717) is 6.61 Å². The van der Waals surface area contributed by atoms with E-state index in [2.05, 4.69) is 9.88 Å². The van der Waals surface area contributed by atoms with Crippen LogP contribution in [0.25, 0.3) is 0 Å². The maximum atomic E-state index is 12.4. The highest BCUT2D eigenvalue weighted by molar-refractivity contribution is 7.13. The molecule has 1 fully saturated rings. The highest BCUT2D eigenvalue weighted by atomic mass is 32.1. The molecular formula is C17H21N3O2S. The molecule has 3 rings (SSSR count). The summed E-state index contributed by atoms with van der Waals surface area (Å²) in [5.74, 6) is 1.01. The Hall–Kier alpha value is -1.92. The number of benzene rings is 1. The minimum Gasteiger partial charge on any atom is -0.492 e. The third-order valence-electron chi connectivity index (χ3n) is 3.91. The molecule has 0 N–H and O–H groups in total. The Morgan fingerprint density at radius 2 is 1.96 bits per heavy atom. The van der Waals surface area contributed by atoms with Gasteiger partial charge in [-0.15, -0.1) is 11.3 Å². The minimum atomic E-state index is 0.107. The van der Waals surface area contributed by atoms with Gasteiger partial charge in [0.25, 0.3) is 5.91 Å². The summed E-state index contributed by atoms with van der Waals surface area (Å²) >= 11 is 1.47. The number of hydrogen-bond donors (Lipinski definition) is 0. The van der Waals surface area contributed by atoms with E-state index in [4.69, 9.17) is 4.74 Å². The molecule has 0 spiro atoms. The predicted octanol–water partition coefficient (Wildman–Crippen LogP) is 2.29. The van der Waals surface area contributed by atoms with Crippen LogP contribution in [-0.4, -0.2) is 60.0 Å². The number of amides is 1. The molecule has 1 aliphatic heterocycles. The Bertz CT molecular complexity index is 636. The number of piperazine rings is 1. The summed E-state index contributed by atoms with van der Waals surface area (Å²) < 4.78 is 5.73. The lowest BCUT2D eigenvalue weighted by Crippen LogP contribution is -2.49. The largest absolute Gasteiger partial charge is 0.492 e. The van der Waals surface area contributed by atoms with Gasteiger partial charge >= 0.3 is 0 Å². The first-order valence-corrected chi connectivity index (χ1v) is 8.66. The van der Waals surface area contributed by atoms with Gasteiger partial charge in [-0.05, 0) is 19.1 Å². The molecule has 1 aromatic heterocycles. The van der Waals surface area contributed by atoms with Crippen LogP contribution in [0.3, 0.4) is 0 Å². The zero-order valence-corrected chi connectivity index (χ0v) is 14.1. The van der Waals surface area contributed by atoms with Crippen LogP contribution < -0.4 is 4.74 Å². The molecular weight excluding hydrogens is 310 g/mol. The van der Waals surface area contributed by atoms with Gasteiger partial charge < -0.3 is 9.64 Å². The minimum absolute atomic E-state index is 0.107. The second-order valence-corrected chi connectivity index (χ2v) is 6.77. The lowest BCUT2D eigenvalue weighted by molar-refractivity contribution is 0.0624. The maximum Gasteiger partial charge on any atom is 0.265 e. The van der Waals surface area contributed by atoms with Crippen molar-refractivity contribution in [2.24, 2.45) is 0 Å². The Morgan fingerprint density at radius 1 is 1.22 bits per heavy atom. The van der Waals surface area contributed by atoms with E-state index < -0.39 is 0 Å². The summed E-state index contributed by atoms with van der Waals surface area (Å²) in [6.07, 6.45) is 1.68. The Kier molecular flexibility index (Phi) is 5.25. The summed E-state index contributed by atoms with van der Waals surface area (Å²) in [6.45, 7) is 6.79. The first-order chi connectivity index (χ1) is 11.2. The zero-order chi connectivity index (χ0) is 16.1. The number of aryl methyl sites for hydroxylation is 1. The van der Waals surface area contributed by atoms with Crippen LogP contribution in [0.1, 0.15) is 14.7 Å². The van der Waals surface area contributed by atoms with Crippen molar-refractivity contribution in [3.05, 3.63) is 46.4 Å². The molecule has 0 radical (unpaired) electrons. The summed E-state index contributed by atoms with van der Waals surface area (Å²) in [5.41, 5.74) is 0. The predicted molar refractivity (Wildman–Crippen MR) is 91.1 cm³/mol. The number of nitrogens with zero attached hydrogens (tertiary/aromatic N) is 3. The van der Waals surface area contributed by atoms with Crippen LogP contribution in [0.15, 0.2) is 36.5 Å². The first kappa shape index (κ1) is 16.0. The molecule has 1 aromatic carbocycles. The number of carbonyl (C=O) groups excluding carboxylic acids is 1. The first-order valence-electron chi connectivity index (χ1n) is 7.84. The molecule has 6 heteroatoms. The summed E-state index contributed by atoms with van der Waals surface area (Å²) in [4.78, 5) is 21.5. The number of hydrogen-bond acceptors (Lipinski definition) is 5. The van der Waals surface area contributed by atoms with Gasteiger partial charge in [-0.25, -0.2) is 4.98 Å². The van der Waals surface area contributed by atoms with Gasteiger partial charge in [0, 0.05) is 32.7 Å². The highest BCUT2D eigenvalue weighted by Crippen LogP contribution is 2.15.